The number of carbonyl (C=O) groups is 1. The average Bonchev–Trinajstić information content (AvgIpc) is 1.84. The zero-order chi connectivity index (χ0) is 9.72. The van der Waals surface area contributed by atoms with Gasteiger partial charge in [-0.15, -0.1) is 0 Å². The third-order valence-corrected chi connectivity index (χ3v) is 1.96. The Hall–Kier alpha value is -0.340. The Morgan fingerprint density at radius 1 is 1.42 bits per heavy atom. The van der Waals surface area contributed by atoms with Gasteiger partial charge in [-0.3, -0.25) is 9.88 Å². The van der Waals surface area contributed by atoms with Crippen molar-refractivity contribution in [3.63, 3.8) is 0 Å². The summed E-state index contributed by atoms with van der Waals surface area (Å²) in [5.74, 6) is -0.356. The fourth-order valence-corrected chi connectivity index (χ4v) is 1.43. The lowest BCUT2D eigenvalue weighted by molar-refractivity contribution is -0.148. The van der Waals surface area contributed by atoms with Crippen LogP contribution < -0.4 is 5.09 Å². The molecule has 0 spiro atoms. The number of ether oxygens (including phenoxy) is 1. The number of hydrogen-bond acceptors (Lipinski definition) is 3. The Kier molecular flexibility index (Phi) is 5.18. The summed E-state index contributed by atoms with van der Waals surface area (Å²) in [6, 6.07) is -0.483. The molecule has 0 radical (unpaired) electrons. The summed E-state index contributed by atoms with van der Waals surface area (Å²) in [6.45, 7) is 6.74. The highest BCUT2D eigenvalue weighted by atomic mass is 31.1. The van der Waals surface area contributed by atoms with Crippen LogP contribution in [0.5, 0.6) is 0 Å². The van der Waals surface area contributed by atoms with Crippen molar-refractivity contribution in [2.45, 2.75) is 32.9 Å². The maximum Gasteiger partial charge on any atom is 0.323 e. The van der Waals surface area contributed by atoms with Crippen LogP contribution in [0.2, 0.25) is 0 Å². The van der Waals surface area contributed by atoms with E-state index in [1.807, 2.05) is 0 Å². The predicted molar refractivity (Wildman–Crippen MR) is 48.8 cm³/mol. The molecular formula is C7H16NO3P. The molecule has 0 aromatic heterocycles. The Balaban J connectivity index is 3.85. The molecule has 0 saturated carbocycles. The van der Waals surface area contributed by atoms with Crippen molar-refractivity contribution in [3.05, 3.63) is 0 Å². The SMILES string of the molecule is CC(C)OC(=O)[C@H](C)N[PH](C)=O. The molecule has 1 N–H and O–H groups in total. The maximum absolute atomic E-state index is 11.1. The first-order chi connectivity index (χ1) is 5.43. The van der Waals surface area contributed by atoms with Crippen LogP contribution in [0.1, 0.15) is 20.8 Å². The zero-order valence-electron chi connectivity index (χ0n) is 7.88. The molecule has 0 aliphatic heterocycles. The lowest BCUT2D eigenvalue weighted by Crippen LogP contribution is -2.32. The number of hydrogen-bond donors (Lipinski definition) is 1. The highest BCUT2D eigenvalue weighted by molar-refractivity contribution is 7.41. The molecule has 0 amide bonds. The van der Waals surface area contributed by atoms with E-state index in [1.165, 1.54) is 0 Å². The van der Waals surface area contributed by atoms with Crippen LogP contribution in [0.3, 0.4) is 0 Å². The zero-order valence-corrected chi connectivity index (χ0v) is 8.88. The first-order valence-electron chi connectivity index (χ1n) is 3.91. The standard InChI is InChI=1S/C7H16NO3P/c1-5(2)11-7(9)6(3)8-12(4)10/h5-6,12H,1-4H3,(H,8,10)/t6-/m0/s1. The first kappa shape index (κ1) is 11.7. The minimum atomic E-state index is -1.81. The Bertz CT molecular complexity index is 181. The molecule has 0 saturated heterocycles. The Morgan fingerprint density at radius 3 is 2.25 bits per heavy atom. The fraction of sp³-hybridized carbons (Fsp3) is 0.857. The highest BCUT2D eigenvalue weighted by Crippen LogP contribution is 2.08. The van der Waals surface area contributed by atoms with E-state index in [0.29, 0.717) is 0 Å². The van der Waals surface area contributed by atoms with Gasteiger partial charge in [0.1, 0.15) is 14.0 Å². The van der Waals surface area contributed by atoms with Crippen molar-refractivity contribution in [1.82, 2.24) is 5.09 Å². The molecule has 0 fully saturated rings. The van der Waals surface area contributed by atoms with Gasteiger partial charge >= 0.3 is 5.97 Å². The molecule has 0 aromatic carbocycles. The summed E-state index contributed by atoms with van der Waals surface area (Å²) in [5, 5.41) is 2.62. The molecule has 5 heteroatoms. The smallest absolute Gasteiger partial charge is 0.323 e. The van der Waals surface area contributed by atoms with Crippen LogP contribution in [-0.4, -0.2) is 24.8 Å². The van der Waals surface area contributed by atoms with E-state index < -0.39 is 14.0 Å². The van der Waals surface area contributed by atoms with Crippen molar-refractivity contribution in [3.8, 4) is 0 Å². The number of rotatable bonds is 4. The molecule has 0 aliphatic rings. The van der Waals surface area contributed by atoms with Crippen molar-refractivity contribution in [2.75, 3.05) is 6.66 Å². The lowest BCUT2D eigenvalue weighted by atomic mass is 10.4. The van der Waals surface area contributed by atoms with E-state index >= 15 is 0 Å². The van der Waals surface area contributed by atoms with E-state index in [-0.39, 0.29) is 12.1 Å². The monoisotopic (exact) mass is 193 g/mol. The molecule has 72 valence electrons. The summed E-state index contributed by atoms with van der Waals surface area (Å²) < 4.78 is 15.6. The minimum Gasteiger partial charge on any atom is -0.462 e. The van der Waals surface area contributed by atoms with Crippen LogP contribution >= 0.6 is 7.95 Å². The first-order valence-corrected chi connectivity index (χ1v) is 5.82. The Labute approximate surface area is 73.5 Å². The van der Waals surface area contributed by atoms with Crippen molar-refractivity contribution in [2.24, 2.45) is 0 Å². The van der Waals surface area contributed by atoms with E-state index in [9.17, 15) is 9.36 Å². The van der Waals surface area contributed by atoms with E-state index in [2.05, 4.69) is 5.09 Å². The molecule has 0 rings (SSSR count). The number of nitrogens with one attached hydrogen (secondary N) is 1. The molecule has 4 nitrogen and oxygen atoms in total. The molecular weight excluding hydrogens is 177 g/mol. The summed E-state index contributed by atoms with van der Waals surface area (Å²) >= 11 is 0. The highest BCUT2D eigenvalue weighted by Gasteiger charge is 2.15. The van der Waals surface area contributed by atoms with Gasteiger partial charge in [0.25, 0.3) is 0 Å². The van der Waals surface area contributed by atoms with Crippen LogP contribution in [0.25, 0.3) is 0 Å². The van der Waals surface area contributed by atoms with Gasteiger partial charge in [0, 0.05) is 0 Å². The number of carbonyl (C=O) groups excluding carboxylic acids is 1. The third-order valence-electron chi connectivity index (χ3n) is 1.13. The van der Waals surface area contributed by atoms with E-state index in [1.54, 1.807) is 27.4 Å². The summed E-state index contributed by atoms with van der Waals surface area (Å²) in [4.78, 5) is 11.1. The van der Waals surface area contributed by atoms with Gasteiger partial charge in [-0.25, -0.2) is 0 Å². The van der Waals surface area contributed by atoms with E-state index in [0.717, 1.165) is 0 Å². The maximum atomic E-state index is 11.1. The fourth-order valence-electron chi connectivity index (χ4n) is 0.698. The summed E-state index contributed by atoms with van der Waals surface area (Å²) in [5.41, 5.74) is 0. The molecule has 0 bridgehead atoms. The third kappa shape index (κ3) is 5.33. The Morgan fingerprint density at radius 2 is 1.92 bits per heavy atom. The topological polar surface area (TPSA) is 55.4 Å². The van der Waals surface area contributed by atoms with Gasteiger partial charge in [0.2, 0.25) is 0 Å². The van der Waals surface area contributed by atoms with Gasteiger partial charge < -0.3 is 9.30 Å². The minimum absolute atomic E-state index is 0.124. The lowest BCUT2D eigenvalue weighted by Gasteiger charge is -2.13. The molecule has 2 atom stereocenters. The van der Waals surface area contributed by atoms with Crippen LogP contribution in [0.4, 0.5) is 0 Å². The molecule has 12 heavy (non-hydrogen) atoms. The van der Waals surface area contributed by atoms with Gasteiger partial charge in [-0.05, 0) is 27.4 Å². The second kappa shape index (κ2) is 5.33. The normalized spacial score (nSPS) is 15.8. The van der Waals surface area contributed by atoms with Crippen molar-refractivity contribution in [1.29, 1.82) is 0 Å². The van der Waals surface area contributed by atoms with Crippen molar-refractivity contribution < 1.29 is 14.1 Å². The van der Waals surface area contributed by atoms with Gasteiger partial charge in [-0.1, -0.05) is 0 Å². The van der Waals surface area contributed by atoms with Gasteiger partial charge in [-0.2, -0.15) is 0 Å². The summed E-state index contributed by atoms with van der Waals surface area (Å²) in [7, 11) is -1.81. The van der Waals surface area contributed by atoms with Crippen LogP contribution in [-0.2, 0) is 14.1 Å². The molecule has 0 aromatic rings. The molecule has 0 heterocycles. The largest absolute Gasteiger partial charge is 0.462 e. The van der Waals surface area contributed by atoms with Crippen LogP contribution in [0, 0.1) is 0 Å². The molecule has 0 aliphatic carbocycles. The second-order valence-corrected chi connectivity index (χ2v) is 4.31. The predicted octanol–water partition coefficient (Wildman–Crippen LogP) is 1.02. The van der Waals surface area contributed by atoms with Gasteiger partial charge in [0.05, 0.1) is 6.10 Å². The quantitative estimate of drug-likeness (QED) is 0.535. The summed E-state index contributed by atoms with van der Waals surface area (Å²) in [6.07, 6.45) is -0.124. The van der Waals surface area contributed by atoms with Gasteiger partial charge in [0.15, 0.2) is 0 Å². The molecule has 1 unspecified atom stereocenters. The second-order valence-electron chi connectivity index (χ2n) is 2.91. The van der Waals surface area contributed by atoms with E-state index in [4.69, 9.17) is 4.74 Å². The van der Waals surface area contributed by atoms with Crippen LogP contribution in [0.15, 0.2) is 0 Å². The average molecular weight is 193 g/mol. The number of esters is 1. The van der Waals surface area contributed by atoms with Crippen molar-refractivity contribution >= 4 is 13.9 Å².